The number of hydrogen-bond acceptors (Lipinski definition) is 2. The van der Waals surface area contributed by atoms with Gasteiger partial charge < -0.3 is 4.90 Å². The minimum absolute atomic E-state index is 0.167. The lowest BCUT2D eigenvalue weighted by atomic mass is 9.98. The largest absolute Gasteiger partial charge is 0.326 e. The molecule has 3 fully saturated rings. The lowest BCUT2D eigenvalue weighted by Gasteiger charge is -2.23. The molecule has 1 atom stereocenters. The van der Waals surface area contributed by atoms with Crippen LogP contribution in [0.5, 0.6) is 0 Å². The van der Waals surface area contributed by atoms with E-state index in [1.54, 1.807) is 0 Å². The van der Waals surface area contributed by atoms with Crippen LogP contribution in [-0.2, 0) is 4.79 Å². The summed E-state index contributed by atoms with van der Waals surface area (Å²) in [5.74, 6) is 1.40. The number of carbonyl (C=O) groups is 1. The molecule has 0 aromatic rings. The third-order valence-electron chi connectivity index (χ3n) is 5.22. The Kier molecular flexibility index (Phi) is 3.84. The smallest absolute Gasteiger partial charge is 0.244 e. The minimum atomic E-state index is -0.167. The zero-order chi connectivity index (χ0) is 13.3. The predicted octanol–water partition coefficient (Wildman–Crippen LogP) is 3.05. The zero-order valence-electron chi connectivity index (χ0n) is 12.3. The van der Waals surface area contributed by atoms with Gasteiger partial charge in [0.1, 0.15) is 0 Å². The van der Waals surface area contributed by atoms with Crippen molar-refractivity contribution in [3.8, 4) is 0 Å². The van der Waals surface area contributed by atoms with Gasteiger partial charge in [-0.25, -0.2) is 0 Å². The van der Waals surface area contributed by atoms with Gasteiger partial charge in [0.15, 0.2) is 0 Å². The highest BCUT2D eigenvalue weighted by Gasteiger charge is 2.51. The van der Waals surface area contributed by atoms with Crippen molar-refractivity contribution in [1.29, 1.82) is 0 Å². The first-order valence-electron chi connectivity index (χ1n) is 8.34. The van der Waals surface area contributed by atoms with E-state index in [1.165, 1.54) is 38.5 Å². The van der Waals surface area contributed by atoms with Crippen LogP contribution in [-0.4, -0.2) is 29.1 Å². The molecule has 0 bridgehead atoms. The van der Waals surface area contributed by atoms with Gasteiger partial charge >= 0.3 is 0 Å². The molecule has 2 saturated carbocycles. The predicted molar refractivity (Wildman–Crippen MR) is 76.7 cm³/mol. The van der Waals surface area contributed by atoms with Gasteiger partial charge in [-0.15, -0.1) is 0 Å². The van der Waals surface area contributed by atoms with Gasteiger partial charge in [-0.2, -0.15) is 0 Å². The SMILES string of the molecule is CCCC1NC2(CCCC2)C(=O)N1CCCC1CC1. The van der Waals surface area contributed by atoms with Gasteiger partial charge in [0.05, 0.1) is 11.7 Å². The van der Waals surface area contributed by atoms with E-state index in [1.807, 2.05) is 0 Å². The lowest BCUT2D eigenvalue weighted by Crippen LogP contribution is -2.44. The van der Waals surface area contributed by atoms with E-state index < -0.39 is 0 Å². The summed E-state index contributed by atoms with van der Waals surface area (Å²) in [4.78, 5) is 14.9. The second-order valence-electron chi connectivity index (χ2n) is 6.82. The molecule has 0 radical (unpaired) electrons. The molecule has 108 valence electrons. The van der Waals surface area contributed by atoms with Crippen molar-refractivity contribution >= 4 is 5.91 Å². The average molecular weight is 264 g/mol. The van der Waals surface area contributed by atoms with Crippen molar-refractivity contribution < 1.29 is 4.79 Å². The standard InChI is InChI=1S/C16H28N2O/c1-2-6-14-17-16(10-3-4-11-16)15(19)18(14)12-5-7-13-8-9-13/h13-14,17H,2-12H2,1H3. The maximum absolute atomic E-state index is 12.8. The number of hydrogen-bond donors (Lipinski definition) is 1. The fourth-order valence-electron chi connectivity index (χ4n) is 3.93. The maximum atomic E-state index is 12.8. The van der Waals surface area contributed by atoms with Crippen LogP contribution in [0.4, 0.5) is 0 Å². The summed E-state index contributed by atoms with van der Waals surface area (Å²) in [6.07, 6.45) is 12.5. The van der Waals surface area contributed by atoms with Crippen LogP contribution in [0, 0.1) is 5.92 Å². The molecular formula is C16H28N2O. The Morgan fingerprint density at radius 2 is 2.00 bits per heavy atom. The molecule has 3 heteroatoms. The van der Waals surface area contributed by atoms with Gasteiger partial charge in [0, 0.05) is 6.54 Å². The first kappa shape index (κ1) is 13.4. The zero-order valence-corrected chi connectivity index (χ0v) is 12.3. The van der Waals surface area contributed by atoms with Crippen molar-refractivity contribution in [2.24, 2.45) is 5.92 Å². The van der Waals surface area contributed by atoms with Crippen LogP contribution in [0.2, 0.25) is 0 Å². The van der Waals surface area contributed by atoms with E-state index in [4.69, 9.17) is 0 Å². The van der Waals surface area contributed by atoms with E-state index >= 15 is 0 Å². The molecule has 1 N–H and O–H groups in total. The number of rotatable bonds is 6. The van der Waals surface area contributed by atoms with Gasteiger partial charge in [0.2, 0.25) is 5.91 Å². The molecule has 19 heavy (non-hydrogen) atoms. The van der Waals surface area contributed by atoms with E-state index in [0.717, 1.165) is 38.1 Å². The molecule has 1 spiro atoms. The molecule has 3 aliphatic rings. The summed E-state index contributed by atoms with van der Waals surface area (Å²) in [7, 11) is 0. The molecule has 1 unspecified atom stereocenters. The number of amides is 1. The van der Waals surface area contributed by atoms with Gasteiger partial charge in [-0.1, -0.05) is 39.0 Å². The second kappa shape index (κ2) is 5.43. The van der Waals surface area contributed by atoms with E-state index in [2.05, 4.69) is 17.1 Å². The van der Waals surface area contributed by atoms with Crippen LogP contribution in [0.15, 0.2) is 0 Å². The van der Waals surface area contributed by atoms with Crippen molar-refractivity contribution in [2.75, 3.05) is 6.54 Å². The van der Waals surface area contributed by atoms with E-state index in [0.29, 0.717) is 12.1 Å². The Balaban J connectivity index is 1.61. The molecule has 0 aromatic heterocycles. The number of nitrogens with one attached hydrogen (secondary N) is 1. The van der Waals surface area contributed by atoms with Gasteiger partial charge in [-0.3, -0.25) is 10.1 Å². The Bertz CT molecular complexity index is 332. The van der Waals surface area contributed by atoms with Crippen molar-refractivity contribution in [1.82, 2.24) is 10.2 Å². The van der Waals surface area contributed by atoms with E-state index in [9.17, 15) is 4.79 Å². The highest BCUT2D eigenvalue weighted by molar-refractivity contribution is 5.89. The summed E-state index contributed by atoms with van der Waals surface area (Å²) in [5, 5.41) is 3.70. The first-order valence-corrected chi connectivity index (χ1v) is 8.34. The van der Waals surface area contributed by atoms with Crippen molar-refractivity contribution in [3.63, 3.8) is 0 Å². The Morgan fingerprint density at radius 3 is 2.63 bits per heavy atom. The quantitative estimate of drug-likeness (QED) is 0.799. The highest BCUT2D eigenvalue weighted by atomic mass is 16.2. The minimum Gasteiger partial charge on any atom is -0.326 e. The average Bonchev–Trinajstić information content (AvgIpc) is 3.05. The van der Waals surface area contributed by atoms with Crippen LogP contribution >= 0.6 is 0 Å². The van der Waals surface area contributed by atoms with Crippen molar-refractivity contribution in [2.45, 2.75) is 82.8 Å². The topological polar surface area (TPSA) is 32.3 Å². The maximum Gasteiger partial charge on any atom is 0.244 e. The summed E-state index contributed by atoms with van der Waals surface area (Å²) >= 11 is 0. The first-order chi connectivity index (χ1) is 9.25. The van der Waals surface area contributed by atoms with E-state index in [-0.39, 0.29) is 5.54 Å². The molecule has 1 aliphatic heterocycles. The summed E-state index contributed by atoms with van der Waals surface area (Å²) < 4.78 is 0. The Labute approximate surface area is 117 Å². The van der Waals surface area contributed by atoms with Crippen molar-refractivity contribution in [3.05, 3.63) is 0 Å². The lowest BCUT2D eigenvalue weighted by molar-refractivity contribution is -0.133. The second-order valence-corrected chi connectivity index (χ2v) is 6.82. The molecule has 0 aromatic carbocycles. The number of carbonyl (C=O) groups excluding carboxylic acids is 1. The Morgan fingerprint density at radius 1 is 1.26 bits per heavy atom. The van der Waals surface area contributed by atoms with Gasteiger partial charge in [0.25, 0.3) is 0 Å². The summed E-state index contributed by atoms with van der Waals surface area (Å²) in [6, 6.07) is 0. The fourth-order valence-corrected chi connectivity index (χ4v) is 3.93. The van der Waals surface area contributed by atoms with Gasteiger partial charge in [-0.05, 0) is 38.0 Å². The number of nitrogens with zero attached hydrogens (tertiary/aromatic N) is 1. The molecule has 1 saturated heterocycles. The molecule has 1 amide bonds. The third-order valence-corrected chi connectivity index (χ3v) is 5.22. The van der Waals surface area contributed by atoms with Crippen LogP contribution in [0.25, 0.3) is 0 Å². The fraction of sp³-hybridized carbons (Fsp3) is 0.938. The summed E-state index contributed by atoms with van der Waals surface area (Å²) in [6.45, 7) is 3.20. The molecular weight excluding hydrogens is 236 g/mol. The van der Waals surface area contributed by atoms with Crippen LogP contribution in [0.3, 0.4) is 0 Å². The summed E-state index contributed by atoms with van der Waals surface area (Å²) in [5.41, 5.74) is -0.167. The normalized spacial score (nSPS) is 29.6. The highest BCUT2D eigenvalue weighted by Crippen LogP contribution is 2.38. The third kappa shape index (κ3) is 2.67. The molecule has 3 rings (SSSR count). The molecule has 3 nitrogen and oxygen atoms in total. The van der Waals surface area contributed by atoms with Crippen LogP contribution in [0.1, 0.15) is 71.1 Å². The monoisotopic (exact) mass is 264 g/mol. The molecule has 1 heterocycles. The van der Waals surface area contributed by atoms with Crippen LogP contribution < -0.4 is 5.32 Å². The Hall–Kier alpha value is -0.570. The molecule has 2 aliphatic carbocycles.